The van der Waals surface area contributed by atoms with Crippen molar-refractivity contribution < 1.29 is 4.79 Å². The number of hydrogen-bond donors (Lipinski definition) is 0. The molecule has 2 heteroatoms. The van der Waals surface area contributed by atoms with Gasteiger partial charge >= 0.3 is 0 Å². The molecule has 2 rings (SSSR count). The highest BCUT2D eigenvalue weighted by molar-refractivity contribution is 5.79. The second kappa shape index (κ2) is 6.53. The number of rotatable bonds is 4. The first-order chi connectivity index (χ1) is 8.24. The van der Waals surface area contributed by atoms with Crippen LogP contribution in [0.1, 0.15) is 57.8 Å². The lowest BCUT2D eigenvalue weighted by atomic mass is 9.86. The van der Waals surface area contributed by atoms with Crippen molar-refractivity contribution in [2.45, 2.75) is 57.8 Å². The molecule has 2 aliphatic carbocycles. The maximum Gasteiger partial charge on any atom is 0.132 e. The van der Waals surface area contributed by atoms with Gasteiger partial charge in [-0.05, 0) is 44.6 Å². The largest absolute Gasteiger partial charge is 0.306 e. The summed E-state index contributed by atoms with van der Waals surface area (Å²) < 4.78 is 0. The van der Waals surface area contributed by atoms with Crippen molar-refractivity contribution in [3.8, 4) is 0 Å². The number of hydrogen-bond acceptors (Lipinski definition) is 2. The molecule has 0 heterocycles. The van der Waals surface area contributed by atoms with Crippen molar-refractivity contribution in [3.05, 3.63) is 0 Å². The summed E-state index contributed by atoms with van der Waals surface area (Å²) in [5.74, 6) is 2.21. The van der Waals surface area contributed by atoms with E-state index in [4.69, 9.17) is 0 Å². The second-order valence-corrected chi connectivity index (χ2v) is 6.21. The van der Waals surface area contributed by atoms with E-state index in [-0.39, 0.29) is 0 Å². The van der Waals surface area contributed by atoms with Gasteiger partial charge in [0.25, 0.3) is 0 Å². The predicted octanol–water partition coefficient (Wildman–Crippen LogP) is 3.26. The van der Waals surface area contributed by atoms with Gasteiger partial charge in [0.2, 0.25) is 0 Å². The highest BCUT2D eigenvalue weighted by Gasteiger charge is 2.21. The zero-order chi connectivity index (χ0) is 12.1. The van der Waals surface area contributed by atoms with Crippen molar-refractivity contribution >= 4 is 5.78 Å². The average Bonchev–Trinajstić information content (AvgIpc) is 2.33. The van der Waals surface area contributed by atoms with E-state index in [0.717, 1.165) is 37.5 Å². The van der Waals surface area contributed by atoms with Crippen LogP contribution in [0, 0.1) is 11.8 Å². The Morgan fingerprint density at radius 2 is 1.47 bits per heavy atom. The van der Waals surface area contributed by atoms with Gasteiger partial charge in [0.1, 0.15) is 5.78 Å². The number of ketones is 1. The summed E-state index contributed by atoms with van der Waals surface area (Å²) in [4.78, 5) is 13.7. The SMILES string of the molecule is CN(CC1CCCCC1)CC1CCC(=O)CC1. The average molecular weight is 237 g/mol. The first kappa shape index (κ1) is 13.1. The quantitative estimate of drug-likeness (QED) is 0.748. The van der Waals surface area contributed by atoms with Crippen molar-refractivity contribution in [1.29, 1.82) is 0 Å². The maximum atomic E-state index is 11.2. The van der Waals surface area contributed by atoms with Crippen LogP contribution in [0.3, 0.4) is 0 Å². The number of carbonyl (C=O) groups excluding carboxylic acids is 1. The smallest absolute Gasteiger partial charge is 0.132 e. The predicted molar refractivity (Wildman–Crippen MR) is 71.0 cm³/mol. The third kappa shape index (κ3) is 4.42. The highest BCUT2D eigenvalue weighted by Crippen LogP contribution is 2.26. The molecule has 0 aliphatic heterocycles. The molecule has 0 unspecified atom stereocenters. The van der Waals surface area contributed by atoms with E-state index in [2.05, 4.69) is 11.9 Å². The molecule has 0 radical (unpaired) electrons. The minimum absolute atomic E-state index is 0.483. The van der Waals surface area contributed by atoms with Crippen molar-refractivity contribution in [2.75, 3.05) is 20.1 Å². The number of nitrogens with zero attached hydrogens (tertiary/aromatic N) is 1. The maximum absolute atomic E-state index is 11.2. The lowest BCUT2D eigenvalue weighted by molar-refractivity contribution is -0.121. The number of carbonyl (C=O) groups is 1. The van der Waals surface area contributed by atoms with Crippen LogP contribution < -0.4 is 0 Å². The van der Waals surface area contributed by atoms with E-state index in [1.54, 1.807) is 0 Å². The molecule has 17 heavy (non-hydrogen) atoms. The van der Waals surface area contributed by atoms with Crippen molar-refractivity contribution in [2.24, 2.45) is 11.8 Å². The summed E-state index contributed by atoms with van der Waals surface area (Å²) in [5.41, 5.74) is 0. The lowest BCUT2D eigenvalue weighted by Crippen LogP contribution is -2.33. The Balaban J connectivity index is 1.65. The molecule has 0 bridgehead atoms. The van der Waals surface area contributed by atoms with Crippen LogP contribution in [0.5, 0.6) is 0 Å². The minimum atomic E-state index is 0.483. The van der Waals surface area contributed by atoms with Gasteiger partial charge in [-0.2, -0.15) is 0 Å². The molecule has 98 valence electrons. The third-order valence-corrected chi connectivity index (χ3v) is 4.53. The third-order valence-electron chi connectivity index (χ3n) is 4.53. The van der Waals surface area contributed by atoms with Gasteiger partial charge in [0.05, 0.1) is 0 Å². The fourth-order valence-corrected chi connectivity index (χ4v) is 3.51. The van der Waals surface area contributed by atoms with Crippen LogP contribution in [-0.2, 0) is 4.79 Å². The van der Waals surface area contributed by atoms with E-state index in [1.165, 1.54) is 45.2 Å². The van der Waals surface area contributed by atoms with Gasteiger partial charge in [0, 0.05) is 25.9 Å². The number of Topliss-reactive ketones (excluding diaryl/α,β-unsaturated/α-hetero) is 1. The van der Waals surface area contributed by atoms with Crippen LogP contribution in [-0.4, -0.2) is 30.8 Å². The Morgan fingerprint density at radius 3 is 2.06 bits per heavy atom. The summed E-state index contributed by atoms with van der Waals surface area (Å²) in [6.07, 6.45) is 11.1. The molecule has 0 atom stereocenters. The van der Waals surface area contributed by atoms with Crippen LogP contribution in [0.15, 0.2) is 0 Å². The summed E-state index contributed by atoms with van der Waals surface area (Å²) in [6.45, 7) is 2.49. The van der Waals surface area contributed by atoms with Gasteiger partial charge in [-0.15, -0.1) is 0 Å². The van der Waals surface area contributed by atoms with E-state index in [1.807, 2.05) is 0 Å². The van der Waals surface area contributed by atoms with Gasteiger partial charge in [0.15, 0.2) is 0 Å². The molecular formula is C15H27NO. The van der Waals surface area contributed by atoms with Gasteiger partial charge in [-0.3, -0.25) is 4.79 Å². The lowest BCUT2D eigenvalue weighted by Gasteiger charge is -2.30. The van der Waals surface area contributed by atoms with Crippen molar-refractivity contribution in [3.63, 3.8) is 0 Å². The van der Waals surface area contributed by atoms with E-state index >= 15 is 0 Å². The van der Waals surface area contributed by atoms with E-state index < -0.39 is 0 Å². The minimum Gasteiger partial charge on any atom is -0.306 e. The van der Waals surface area contributed by atoms with Gasteiger partial charge < -0.3 is 4.90 Å². The summed E-state index contributed by atoms with van der Waals surface area (Å²) in [7, 11) is 2.27. The monoisotopic (exact) mass is 237 g/mol. The standard InChI is InChI=1S/C15H27NO/c1-16(11-13-5-3-2-4-6-13)12-14-7-9-15(17)10-8-14/h13-14H,2-12H2,1H3. The Morgan fingerprint density at radius 1 is 0.941 bits per heavy atom. The summed E-state index contributed by atoms with van der Waals surface area (Å²) >= 11 is 0. The second-order valence-electron chi connectivity index (χ2n) is 6.21. The van der Waals surface area contributed by atoms with Crippen LogP contribution >= 0.6 is 0 Å². The highest BCUT2D eigenvalue weighted by atomic mass is 16.1. The zero-order valence-corrected chi connectivity index (χ0v) is 11.3. The Labute approximate surface area is 106 Å². The Bertz CT molecular complexity index is 235. The van der Waals surface area contributed by atoms with Crippen LogP contribution in [0.2, 0.25) is 0 Å². The molecule has 2 fully saturated rings. The molecule has 0 aromatic rings. The molecule has 0 amide bonds. The first-order valence-electron chi connectivity index (χ1n) is 7.44. The normalized spacial score (nSPS) is 24.5. The summed E-state index contributed by atoms with van der Waals surface area (Å²) in [5, 5.41) is 0. The molecule has 2 saturated carbocycles. The van der Waals surface area contributed by atoms with Gasteiger partial charge in [-0.25, -0.2) is 0 Å². The first-order valence-corrected chi connectivity index (χ1v) is 7.44. The van der Waals surface area contributed by atoms with Crippen LogP contribution in [0.4, 0.5) is 0 Å². The zero-order valence-electron chi connectivity index (χ0n) is 11.3. The molecule has 0 N–H and O–H groups in total. The molecule has 2 nitrogen and oxygen atoms in total. The molecular weight excluding hydrogens is 210 g/mol. The fraction of sp³-hybridized carbons (Fsp3) is 0.933. The molecule has 2 aliphatic rings. The van der Waals surface area contributed by atoms with E-state index in [0.29, 0.717) is 5.78 Å². The Kier molecular flexibility index (Phi) is 5.02. The topological polar surface area (TPSA) is 20.3 Å². The molecule has 0 spiro atoms. The summed E-state index contributed by atoms with van der Waals surface area (Å²) in [6, 6.07) is 0. The molecule has 0 saturated heterocycles. The Hall–Kier alpha value is -0.370. The van der Waals surface area contributed by atoms with Crippen LogP contribution in [0.25, 0.3) is 0 Å². The van der Waals surface area contributed by atoms with Crippen molar-refractivity contribution in [1.82, 2.24) is 4.90 Å². The fourth-order valence-electron chi connectivity index (χ4n) is 3.51. The molecule has 0 aromatic carbocycles. The van der Waals surface area contributed by atoms with E-state index in [9.17, 15) is 4.79 Å². The van der Waals surface area contributed by atoms with Gasteiger partial charge in [-0.1, -0.05) is 19.3 Å². The molecule has 0 aromatic heterocycles.